The number of aliphatic imine (C=N–C) groups is 1. The van der Waals surface area contributed by atoms with Crippen LogP contribution in [0.15, 0.2) is 53.5 Å². The Balaban J connectivity index is 1.78. The van der Waals surface area contributed by atoms with E-state index >= 15 is 0 Å². The second-order valence-electron chi connectivity index (χ2n) is 4.89. The summed E-state index contributed by atoms with van der Waals surface area (Å²) in [5.74, 6) is 0.557. The molecule has 0 saturated heterocycles. The quantitative estimate of drug-likeness (QED) is 0.645. The fraction of sp³-hybridized carbons (Fsp3) is 0.188. The molecule has 3 rings (SSSR count). The van der Waals surface area contributed by atoms with Gasteiger partial charge in [-0.05, 0) is 41.8 Å². The van der Waals surface area contributed by atoms with Crippen molar-refractivity contribution in [3.8, 4) is 0 Å². The molecule has 3 nitrogen and oxygen atoms in total. The Labute approximate surface area is 123 Å². The number of hydrogen-bond donors (Lipinski definition) is 1. The number of guanidine groups is 1. The maximum atomic E-state index is 6.12. The summed E-state index contributed by atoms with van der Waals surface area (Å²) in [5.41, 5.74) is 9.68. The number of hydrogen-bond acceptors (Lipinski definition) is 1. The highest BCUT2D eigenvalue weighted by molar-refractivity contribution is 6.30. The van der Waals surface area contributed by atoms with Crippen LogP contribution in [0.5, 0.6) is 0 Å². The zero-order chi connectivity index (χ0) is 13.9. The predicted octanol–water partition coefficient (Wildman–Crippen LogP) is 3.34. The van der Waals surface area contributed by atoms with Gasteiger partial charge in [0.1, 0.15) is 0 Å². The third kappa shape index (κ3) is 2.78. The summed E-state index contributed by atoms with van der Waals surface area (Å²) in [6.07, 6.45) is 1.01. The number of nitrogens with zero attached hydrogens (tertiary/aromatic N) is 2. The fourth-order valence-electron chi connectivity index (χ4n) is 2.41. The van der Waals surface area contributed by atoms with Gasteiger partial charge in [0, 0.05) is 18.1 Å². The van der Waals surface area contributed by atoms with Gasteiger partial charge in [-0.1, -0.05) is 35.9 Å². The molecule has 2 N–H and O–H groups in total. The number of benzene rings is 2. The van der Waals surface area contributed by atoms with E-state index in [1.807, 2.05) is 24.3 Å². The van der Waals surface area contributed by atoms with Crippen molar-refractivity contribution in [1.82, 2.24) is 4.90 Å². The van der Waals surface area contributed by atoms with Crippen molar-refractivity contribution in [2.24, 2.45) is 10.7 Å². The normalized spacial score (nSPS) is 15.1. The van der Waals surface area contributed by atoms with E-state index in [1.165, 1.54) is 11.1 Å². The molecule has 0 radical (unpaired) electrons. The van der Waals surface area contributed by atoms with E-state index in [9.17, 15) is 0 Å². The van der Waals surface area contributed by atoms with E-state index < -0.39 is 0 Å². The highest BCUT2D eigenvalue weighted by Gasteiger charge is 2.16. The fourth-order valence-corrected chi connectivity index (χ4v) is 2.54. The Hall–Kier alpha value is -2.00. The molecule has 0 spiro atoms. The van der Waals surface area contributed by atoms with Gasteiger partial charge in [0.2, 0.25) is 0 Å². The molecule has 0 aromatic heterocycles. The van der Waals surface area contributed by atoms with Gasteiger partial charge in [-0.25, -0.2) is 4.99 Å². The highest BCUT2D eigenvalue weighted by Crippen LogP contribution is 2.20. The van der Waals surface area contributed by atoms with Crippen LogP contribution >= 0.6 is 11.6 Å². The van der Waals surface area contributed by atoms with Crippen LogP contribution in [0.4, 0.5) is 5.69 Å². The van der Waals surface area contributed by atoms with Crippen molar-refractivity contribution in [3.63, 3.8) is 0 Å². The Morgan fingerprint density at radius 3 is 2.50 bits per heavy atom. The molecule has 2 aromatic rings. The van der Waals surface area contributed by atoms with Gasteiger partial charge in [0.25, 0.3) is 0 Å². The summed E-state index contributed by atoms with van der Waals surface area (Å²) in [5, 5.41) is 0.703. The molecule has 0 atom stereocenters. The van der Waals surface area contributed by atoms with Crippen molar-refractivity contribution in [2.45, 2.75) is 13.0 Å². The third-order valence-corrected chi connectivity index (χ3v) is 3.78. The SMILES string of the molecule is NC(=Nc1ccc(Cl)cc1)N1CCc2ccccc2C1. The first-order chi connectivity index (χ1) is 9.72. The molecule has 1 aliphatic rings. The topological polar surface area (TPSA) is 41.6 Å². The summed E-state index contributed by atoms with van der Waals surface area (Å²) in [6, 6.07) is 15.9. The summed E-state index contributed by atoms with van der Waals surface area (Å²) in [6.45, 7) is 1.72. The monoisotopic (exact) mass is 285 g/mol. The molecule has 4 heteroatoms. The van der Waals surface area contributed by atoms with Crippen molar-refractivity contribution in [2.75, 3.05) is 6.54 Å². The van der Waals surface area contributed by atoms with Crippen LogP contribution in [0.2, 0.25) is 5.02 Å². The second-order valence-corrected chi connectivity index (χ2v) is 5.32. The molecule has 0 saturated carbocycles. The van der Waals surface area contributed by atoms with E-state index in [0.29, 0.717) is 11.0 Å². The molecule has 0 amide bonds. The van der Waals surface area contributed by atoms with Crippen LogP contribution in [0, 0.1) is 0 Å². The first kappa shape index (κ1) is 13.0. The number of nitrogens with two attached hydrogens (primary N) is 1. The summed E-state index contributed by atoms with van der Waals surface area (Å²) >= 11 is 5.86. The lowest BCUT2D eigenvalue weighted by atomic mass is 10.0. The Bertz CT molecular complexity index is 634. The maximum Gasteiger partial charge on any atom is 0.196 e. The highest BCUT2D eigenvalue weighted by atomic mass is 35.5. The van der Waals surface area contributed by atoms with Crippen LogP contribution in [0.25, 0.3) is 0 Å². The zero-order valence-electron chi connectivity index (χ0n) is 11.1. The van der Waals surface area contributed by atoms with Crippen molar-refractivity contribution < 1.29 is 0 Å². The predicted molar refractivity (Wildman–Crippen MR) is 83.3 cm³/mol. The van der Waals surface area contributed by atoms with Gasteiger partial charge in [-0.15, -0.1) is 0 Å². The van der Waals surface area contributed by atoms with Gasteiger partial charge in [-0.2, -0.15) is 0 Å². The lowest BCUT2D eigenvalue weighted by Crippen LogP contribution is -2.40. The minimum absolute atomic E-state index is 0.557. The molecule has 0 aliphatic carbocycles. The average Bonchev–Trinajstić information content (AvgIpc) is 2.49. The summed E-state index contributed by atoms with van der Waals surface area (Å²) < 4.78 is 0. The minimum Gasteiger partial charge on any atom is -0.369 e. The molecule has 0 fully saturated rings. The number of rotatable bonds is 1. The van der Waals surface area contributed by atoms with Gasteiger partial charge in [0.15, 0.2) is 5.96 Å². The van der Waals surface area contributed by atoms with Crippen LogP contribution in [-0.2, 0) is 13.0 Å². The second kappa shape index (κ2) is 5.55. The molecule has 1 heterocycles. The van der Waals surface area contributed by atoms with Crippen LogP contribution in [0.3, 0.4) is 0 Å². The van der Waals surface area contributed by atoms with Gasteiger partial charge in [0.05, 0.1) is 5.69 Å². The first-order valence-electron chi connectivity index (χ1n) is 6.64. The molecule has 1 aliphatic heterocycles. The molecule has 102 valence electrons. The smallest absolute Gasteiger partial charge is 0.196 e. The summed E-state index contributed by atoms with van der Waals surface area (Å²) in [4.78, 5) is 6.57. The van der Waals surface area contributed by atoms with Crippen LogP contribution in [0.1, 0.15) is 11.1 Å². The van der Waals surface area contributed by atoms with Crippen LogP contribution in [-0.4, -0.2) is 17.4 Å². The lowest BCUT2D eigenvalue weighted by molar-refractivity contribution is 0.390. The third-order valence-electron chi connectivity index (χ3n) is 3.52. The lowest BCUT2D eigenvalue weighted by Gasteiger charge is -2.29. The Kier molecular flexibility index (Phi) is 3.61. The van der Waals surface area contributed by atoms with Gasteiger partial charge < -0.3 is 10.6 Å². The van der Waals surface area contributed by atoms with E-state index in [1.54, 1.807) is 0 Å². The first-order valence-corrected chi connectivity index (χ1v) is 7.01. The van der Waals surface area contributed by atoms with Crippen molar-refractivity contribution in [1.29, 1.82) is 0 Å². The van der Waals surface area contributed by atoms with E-state index in [2.05, 4.69) is 34.2 Å². The van der Waals surface area contributed by atoms with E-state index in [0.717, 1.165) is 25.2 Å². The van der Waals surface area contributed by atoms with E-state index in [-0.39, 0.29) is 0 Å². The molecular weight excluding hydrogens is 270 g/mol. The summed E-state index contributed by atoms with van der Waals surface area (Å²) in [7, 11) is 0. The van der Waals surface area contributed by atoms with E-state index in [4.69, 9.17) is 17.3 Å². The Morgan fingerprint density at radius 2 is 1.75 bits per heavy atom. The maximum absolute atomic E-state index is 6.12. The molecule has 0 bridgehead atoms. The van der Waals surface area contributed by atoms with Crippen molar-refractivity contribution in [3.05, 3.63) is 64.7 Å². The molecule has 0 unspecified atom stereocenters. The van der Waals surface area contributed by atoms with Gasteiger partial charge in [-0.3, -0.25) is 0 Å². The van der Waals surface area contributed by atoms with Gasteiger partial charge >= 0.3 is 0 Å². The molecule has 20 heavy (non-hydrogen) atoms. The average molecular weight is 286 g/mol. The van der Waals surface area contributed by atoms with Crippen LogP contribution < -0.4 is 5.73 Å². The molecular formula is C16H16ClN3. The number of fused-ring (bicyclic) bond motifs is 1. The standard InChI is InChI=1S/C16H16ClN3/c17-14-5-7-15(8-6-14)19-16(18)20-10-9-12-3-1-2-4-13(12)11-20/h1-8H,9-11H2,(H2,18,19). The molecule has 2 aromatic carbocycles. The largest absolute Gasteiger partial charge is 0.369 e. The van der Waals surface area contributed by atoms with Crippen molar-refractivity contribution >= 4 is 23.2 Å². The number of halogens is 1. The minimum atomic E-state index is 0.557. The zero-order valence-corrected chi connectivity index (χ0v) is 11.8. The Morgan fingerprint density at radius 1 is 1.05 bits per heavy atom.